The second kappa shape index (κ2) is 3.39. The predicted molar refractivity (Wildman–Crippen MR) is 53.6 cm³/mol. The summed E-state index contributed by atoms with van der Waals surface area (Å²) in [6.07, 6.45) is 0. The zero-order chi connectivity index (χ0) is 9.97. The molecule has 0 radical (unpaired) electrons. The van der Waals surface area contributed by atoms with E-state index in [0.29, 0.717) is 5.76 Å². The van der Waals surface area contributed by atoms with Gasteiger partial charge in [-0.15, -0.1) is 0 Å². The Morgan fingerprint density at radius 1 is 1.21 bits per heavy atom. The topological polar surface area (TPSA) is 36.9 Å². The molecule has 0 N–H and O–H groups in total. The molecule has 2 rings (SSSR count). The van der Waals surface area contributed by atoms with Crippen LogP contribution < -0.4 is 0 Å². The first-order chi connectivity index (χ1) is 6.79. The first-order valence-electron chi connectivity index (χ1n) is 4.36. The van der Waals surface area contributed by atoms with Gasteiger partial charge in [-0.1, -0.05) is 23.8 Å². The third kappa shape index (κ3) is 1.53. The van der Waals surface area contributed by atoms with E-state index in [1.165, 1.54) is 5.56 Å². The Balaban J connectivity index is 2.45. The molecule has 0 saturated heterocycles. The van der Waals surface area contributed by atoms with Crippen LogP contribution in [0, 0.1) is 18.3 Å². The molecular weight excluding hydrogens is 174 g/mol. The highest BCUT2D eigenvalue weighted by molar-refractivity contribution is 5.58. The minimum absolute atomic E-state index is 0.349. The van der Waals surface area contributed by atoms with Gasteiger partial charge in [0.25, 0.3) is 0 Å². The molecular formula is C12H9NO. The number of nitrogens with zero attached hydrogens (tertiary/aromatic N) is 1. The predicted octanol–water partition coefficient (Wildman–Crippen LogP) is 3.13. The van der Waals surface area contributed by atoms with Gasteiger partial charge in [0.1, 0.15) is 11.8 Å². The van der Waals surface area contributed by atoms with Crippen molar-refractivity contribution in [1.29, 1.82) is 5.26 Å². The summed E-state index contributed by atoms with van der Waals surface area (Å²) in [5, 5.41) is 8.61. The molecule has 0 saturated carbocycles. The van der Waals surface area contributed by atoms with E-state index in [4.69, 9.17) is 9.68 Å². The molecule has 0 atom stereocenters. The van der Waals surface area contributed by atoms with Crippen LogP contribution in [0.2, 0.25) is 0 Å². The van der Waals surface area contributed by atoms with Crippen LogP contribution in [0.5, 0.6) is 0 Å². The number of furan rings is 1. The van der Waals surface area contributed by atoms with Gasteiger partial charge in [-0.05, 0) is 25.1 Å². The molecule has 0 unspecified atom stereocenters. The molecule has 0 aliphatic rings. The maximum atomic E-state index is 8.61. The van der Waals surface area contributed by atoms with Crippen LogP contribution in [0.15, 0.2) is 40.8 Å². The molecule has 1 aromatic carbocycles. The van der Waals surface area contributed by atoms with Gasteiger partial charge in [0, 0.05) is 5.56 Å². The summed E-state index contributed by atoms with van der Waals surface area (Å²) >= 11 is 0. The van der Waals surface area contributed by atoms with Crippen LogP contribution in [-0.2, 0) is 0 Å². The van der Waals surface area contributed by atoms with Crippen LogP contribution in [0.3, 0.4) is 0 Å². The molecule has 1 heterocycles. The molecule has 1 aromatic heterocycles. The van der Waals surface area contributed by atoms with Gasteiger partial charge in [0.05, 0.1) is 0 Å². The SMILES string of the molecule is Cc1cccc(-c2ccc(C#N)o2)c1. The summed E-state index contributed by atoms with van der Waals surface area (Å²) in [6.45, 7) is 2.03. The highest BCUT2D eigenvalue weighted by atomic mass is 16.3. The van der Waals surface area contributed by atoms with Gasteiger partial charge in [-0.25, -0.2) is 0 Å². The Kier molecular flexibility index (Phi) is 2.08. The van der Waals surface area contributed by atoms with Crippen molar-refractivity contribution in [3.05, 3.63) is 47.7 Å². The fourth-order valence-corrected chi connectivity index (χ4v) is 1.35. The molecule has 0 amide bonds. The molecule has 2 nitrogen and oxygen atoms in total. The molecule has 0 spiro atoms. The second-order valence-corrected chi connectivity index (χ2v) is 3.15. The lowest BCUT2D eigenvalue weighted by atomic mass is 10.1. The summed E-state index contributed by atoms with van der Waals surface area (Å²) in [5.74, 6) is 1.09. The van der Waals surface area contributed by atoms with Crippen LogP contribution >= 0.6 is 0 Å². The molecule has 0 fully saturated rings. The fraction of sp³-hybridized carbons (Fsp3) is 0.0833. The molecule has 0 aliphatic heterocycles. The number of hydrogen-bond donors (Lipinski definition) is 0. The molecule has 0 aliphatic carbocycles. The van der Waals surface area contributed by atoms with Crippen LogP contribution in [0.1, 0.15) is 11.3 Å². The van der Waals surface area contributed by atoms with E-state index in [1.807, 2.05) is 43.3 Å². The van der Waals surface area contributed by atoms with E-state index in [9.17, 15) is 0 Å². The largest absolute Gasteiger partial charge is 0.446 e. The van der Waals surface area contributed by atoms with Gasteiger partial charge in [0.2, 0.25) is 5.76 Å². The number of aryl methyl sites for hydroxylation is 1. The third-order valence-corrected chi connectivity index (χ3v) is 2.02. The highest BCUT2D eigenvalue weighted by Gasteiger charge is 2.03. The summed E-state index contributed by atoms with van der Waals surface area (Å²) in [4.78, 5) is 0. The highest BCUT2D eigenvalue weighted by Crippen LogP contribution is 2.22. The molecule has 68 valence electrons. The normalized spacial score (nSPS) is 9.71. The maximum absolute atomic E-state index is 8.61. The van der Waals surface area contributed by atoms with E-state index in [1.54, 1.807) is 6.07 Å². The van der Waals surface area contributed by atoms with Crippen molar-refractivity contribution in [2.45, 2.75) is 6.92 Å². The maximum Gasteiger partial charge on any atom is 0.204 e. The molecule has 2 aromatic rings. The molecule has 0 bridgehead atoms. The Hall–Kier alpha value is -2.01. The van der Waals surface area contributed by atoms with E-state index < -0.39 is 0 Å². The van der Waals surface area contributed by atoms with Crippen molar-refractivity contribution in [3.63, 3.8) is 0 Å². The number of hydrogen-bond acceptors (Lipinski definition) is 2. The molecule has 14 heavy (non-hydrogen) atoms. The van der Waals surface area contributed by atoms with E-state index in [2.05, 4.69) is 0 Å². The number of nitriles is 1. The first kappa shape index (κ1) is 8.58. The summed E-state index contributed by atoms with van der Waals surface area (Å²) in [5.41, 5.74) is 2.18. The van der Waals surface area contributed by atoms with Gasteiger partial charge in [0.15, 0.2) is 0 Å². The van der Waals surface area contributed by atoms with Gasteiger partial charge in [-0.3, -0.25) is 0 Å². The van der Waals surface area contributed by atoms with Gasteiger partial charge >= 0.3 is 0 Å². The molecule has 2 heteroatoms. The monoisotopic (exact) mass is 183 g/mol. The van der Waals surface area contributed by atoms with Crippen LogP contribution in [-0.4, -0.2) is 0 Å². The Labute approximate surface area is 82.4 Å². The van der Waals surface area contributed by atoms with Crippen molar-refractivity contribution in [1.82, 2.24) is 0 Å². The lowest BCUT2D eigenvalue weighted by Gasteiger charge is -1.97. The summed E-state index contributed by atoms with van der Waals surface area (Å²) in [6, 6.07) is 13.4. The van der Waals surface area contributed by atoms with Crippen molar-refractivity contribution < 1.29 is 4.42 Å². The van der Waals surface area contributed by atoms with Crippen molar-refractivity contribution in [2.75, 3.05) is 0 Å². The fourth-order valence-electron chi connectivity index (χ4n) is 1.35. The van der Waals surface area contributed by atoms with E-state index in [-0.39, 0.29) is 0 Å². The lowest BCUT2D eigenvalue weighted by Crippen LogP contribution is -1.75. The quantitative estimate of drug-likeness (QED) is 0.681. The summed E-state index contributed by atoms with van der Waals surface area (Å²) in [7, 11) is 0. The smallest absolute Gasteiger partial charge is 0.204 e. The average Bonchev–Trinajstić information content (AvgIpc) is 2.66. The zero-order valence-electron chi connectivity index (χ0n) is 7.82. The Morgan fingerprint density at radius 2 is 2.07 bits per heavy atom. The minimum Gasteiger partial charge on any atom is -0.446 e. The lowest BCUT2D eigenvalue weighted by molar-refractivity contribution is 0.567. The standard InChI is InChI=1S/C12H9NO/c1-9-3-2-4-10(7-9)12-6-5-11(8-13)14-12/h2-7H,1H3. The first-order valence-corrected chi connectivity index (χ1v) is 4.36. The minimum atomic E-state index is 0.349. The van der Waals surface area contributed by atoms with Gasteiger partial charge in [-0.2, -0.15) is 5.26 Å². The second-order valence-electron chi connectivity index (χ2n) is 3.15. The van der Waals surface area contributed by atoms with Crippen molar-refractivity contribution >= 4 is 0 Å². The van der Waals surface area contributed by atoms with E-state index in [0.717, 1.165) is 11.3 Å². The van der Waals surface area contributed by atoms with E-state index >= 15 is 0 Å². The van der Waals surface area contributed by atoms with Crippen molar-refractivity contribution in [2.24, 2.45) is 0 Å². The number of rotatable bonds is 1. The Bertz CT molecular complexity index is 491. The van der Waals surface area contributed by atoms with Crippen LogP contribution in [0.4, 0.5) is 0 Å². The Morgan fingerprint density at radius 3 is 2.71 bits per heavy atom. The summed E-state index contributed by atoms with van der Waals surface area (Å²) < 4.78 is 5.31. The average molecular weight is 183 g/mol. The van der Waals surface area contributed by atoms with Gasteiger partial charge < -0.3 is 4.42 Å². The number of benzene rings is 1. The van der Waals surface area contributed by atoms with Crippen molar-refractivity contribution in [3.8, 4) is 17.4 Å². The third-order valence-electron chi connectivity index (χ3n) is 2.02. The zero-order valence-corrected chi connectivity index (χ0v) is 7.82. The van der Waals surface area contributed by atoms with Crippen LogP contribution in [0.25, 0.3) is 11.3 Å².